The third-order valence-corrected chi connectivity index (χ3v) is 4.34. The van der Waals surface area contributed by atoms with Crippen LogP contribution in [0.4, 0.5) is 5.69 Å². The summed E-state index contributed by atoms with van der Waals surface area (Å²) in [5.41, 5.74) is 2.25. The van der Waals surface area contributed by atoms with Crippen LogP contribution >= 0.6 is 35.0 Å². The van der Waals surface area contributed by atoms with Crippen molar-refractivity contribution >= 4 is 46.6 Å². The number of hydrogen-bond acceptors (Lipinski definition) is 3. The highest BCUT2D eigenvalue weighted by atomic mass is 35.5. The monoisotopic (exact) mass is 350 g/mol. The summed E-state index contributed by atoms with van der Waals surface area (Å²) < 4.78 is 0. The number of nitriles is 1. The maximum absolute atomic E-state index is 11.9. The fourth-order valence-electron chi connectivity index (χ4n) is 1.71. The van der Waals surface area contributed by atoms with Gasteiger partial charge in [0.15, 0.2) is 0 Å². The molecule has 2 aromatic carbocycles. The van der Waals surface area contributed by atoms with E-state index in [4.69, 9.17) is 28.5 Å². The van der Waals surface area contributed by atoms with Gasteiger partial charge >= 0.3 is 0 Å². The smallest absolute Gasteiger partial charge is 0.234 e. The molecule has 0 saturated carbocycles. The molecule has 6 heteroatoms. The number of nitrogens with one attached hydrogen (secondary N) is 1. The molecule has 0 aliphatic rings. The number of rotatable bonds is 5. The van der Waals surface area contributed by atoms with E-state index in [0.717, 1.165) is 5.56 Å². The van der Waals surface area contributed by atoms with Gasteiger partial charge in [0, 0.05) is 10.8 Å². The summed E-state index contributed by atoms with van der Waals surface area (Å²) in [6, 6.07) is 14.3. The second kappa shape index (κ2) is 8.09. The van der Waals surface area contributed by atoms with E-state index in [0.29, 0.717) is 32.8 Å². The van der Waals surface area contributed by atoms with Gasteiger partial charge in [0.25, 0.3) is 0 Å². The Labute approximate surface area is 143 Å². The molecule has 0 aliphatic heterocycles. The zero-order valence-corrected chi connectivity index (χ0v) is 13.8. The standard InChI is InChI=1S/C16H12Cl2N2OS/c17-13-5-6-15(14(18)7-13)20-16(21)10-22-9-12-3-1-11(8-19)2-4-12/h1-7H,9-10H2,(H,20,21). The normalized spacial score (nSPS) is 10.0. The van der Waals surface area contributed by atoms with E-state index in [2.05, 4.69) is 11.4 Å². The molecule has 0 aromatic heterocycles. The van der Waals surface area contributed by atoms with E-state index in [1.807, 2.05) is 12.1 Å². The molecule has 0 saturated heterocycles. The minimum Gasteiger partial charge on any atom is -0.324 e. The van der Waals surface area contributed by atoms with Gasteiger partial charge in [-0.3, -0.25) is 4.79 Å². The molecule has 0 spiro atoms. The van der Waals surface area contributed by atoms with Crippen molar-refractivity contribution in [2.24, 2.45) is 0 Å². The van der Waals surface area contributed by atoms with E-state index >= 15 is 0 Å². The van der Waals surface area contributed by atoms with E-state index in [-0.39, 0.29) is 5.91 Å². The van der Waals surface area contributed by atoms with Gasteiger partial charge in [0.1, 0.15) is 0 Å². The van der Waals surface area contributed by atoms with Gasteiger partial charge in [-0.1, -0.05) is 35.3 Å². The van der Waals surface area contributed by atoms with Gasteiger partial charge in [0.2, 0.25) is 5.91 Å². The van der Waals surface area contributed by atoms with Crippen LogP contribution in [0.15, 0.2) is 42.5 Å². The van der Waals surface area contributed by atoms with Crippen LogP contribution in [0.5, 0.6) is 0 Å². The van der Waals surface area contributed by atoms with Gasteiger partial charge in [-0.15, -0.1) is 11.8 Å². The minimum atomic E-state index is -0.122. The maximum Gasteiger partial charge on any atom is 0.234 e. The molecule has 0 atom stereocenters. The third-order valence-electron chi connectivity index (χ3n) is 2.79. The van der Waals surface area contributed by atoms with E-state index in [1.165, 1.54) is 11.8 Å². The molecule has 112 valence electrons. The highest BCUT2D eigenvalue weighted by Gasteiger charge is 2.06. The van der Waals surface area contributed by atoms with Crippen LogP contribution in [-0.4, -0.2) is 11.7 Å². The fraction of sp³-hybridized carbons (Fsp3) is 0.125. The first-order chi connectivity index (χ1) is 10.6. The maximum atomic E-state index is 11.9. The van der Waals surface area contributed by atoms with Gasteiger partial charge in [-0.05, 0) is 35.9 Å². The van der Waals surface area contributed by atoms with Gasteiger partial charge in [0.05, 0.1) is 28.1 Å². The zero-order valence-electron chi connectivity index (χ0n) is 11.5. The van der Waals surface area contributed by atoms with E-state index < -0.39 is 0 Å². The first kappa shape index (κ1) is 16.7. The van der Waals surface area contributed by atoms with E-state index in [9.17, 15) is 4.79 Å². The number of anilines is 1. The summed E-state index contributed by atoms with van der Waals surface area (Å²) >= 11 is 13.3. The van der Waals surface area contributed by atoms with Crippen molar-refractivity contribution in [3.63, 3.8) is 0 Å². The van der Waals surface area contributed by atoms with Crippen molar-refractivity contribution in [2.45, 2.75) is 5.75 Å². The summed E-state index contributed by atoms with van der Waals surface area (Å²) in [6.07, 6.45) is 0. The molecule has 2 aromatic rings. The lowest BCUT2D eigenvalue weighted by Gasteiger charge is -2.07. The molecular formula is C16H12Cl2N2OS. The molecule has 1 amide bonds. The Morgan fingerprint density at radius 2 is 1.91 bits per heavy atom. The Bertz CT molecular complexity index is 711. The Balaban J connectivity index is 1.81. The third kappa shape index (κ3) is 4.96. The van der Waals surface area contributed by atoms with Crippen molar-refractivity contribution in [3.8, 4) is 6.07 Å². The summed E-state index contributed by atoms with van der Waals surface area (Å²) in [7, 11) is 0. The molecule has 1 N–H and O–H groups in total. The molecule has 0 unspecified atom stereocenters. The van der Waals surface area contributed by atoms with Crippen LogP contribution < -0.4 is 5.32 Å². The highest BCUT2D eigenvalue weighted by Crippen LogP contribution is 2.25. The van der Waals surface area contributed by atoms with Crippen LogP contribution in [0.1, 0.15) is 11.1 Å². The summed E-state index contributed by atoms with van der Waals surface area (Å²) in [5.74, 6) is 0.898. The Morgan fingerprint density at radius 1 is 1.18 bits per heavy atom. The number of thioether (sulfide) groups is 1. The summed E-state index contributed by atoms with van der Waals surface area (Å²) in [5, 5.41) is 12.4. The lowest BCUT2D eigenvalue weighted by atomic mass is 10.2. The van der Waals surface area contributed by atoms with E-state index in [1.54, 1.807) is 30.3 Å². The molecule has 0 radical (unpaired) electrons. The van der Waals surface area contributed by atoms with Crippen LogP contribution in [0.25, 0.3) is 0 Å². The number of carbonyl (C=O) groups excluding carboxylic acids is 1. The SMILES string of the molecule is N#Cc1ccc(CSCC(=O)Nc2ccc(Cl)cc2Cl)cc1. The number of carbonyl (C=O) groups is 1. The lowest BCUT2D eigenvalue weighted by molar-refractivity contribution is -0.113. The summed E-state index contributed by atoms with van der Waals surface area (Å²) in [4.78, 5) is 11.9. The lowest BCUT2D eigenvalue weighted by Crippen LogP contribution is -2.14. The molecule has 3 nitrogen and oxygen atoms in total. The first-order valence-electron chi connectivity index (χ1n) is 6.40. The Hall–Kier alpha value is -1.67. The van der Waals surface area contributed by atoms with Crippen LogP contribution in [0, 0.1) is 11.3 Å². The molecule has 0 bridgehead atoms. The number of benzene rings is 2. The van der Waals surface area contributed by atoms with Crippen molar-refractivity contribution in [3.05, 3.63) is 63.6 Å². The van der Waals surface area contributed by atoms with Crippen LogP contribution in [0.3, 0.4) is 0 Å². The Morgan fingerprint density at radius 3 is 2.55 bits per heavy atom. The molecule has 2 rings (SSSR count). The van der Waals surface area contributed by atoms with Crippen LogP contribution in [0.2, 0.25) is 10.0 Å². The second-order valence-electron chi connectivity index (χ2n) is 4.47. The number of hydrogen-bond donors (Lipinski definition) is 1. The largest absolute Gasteiger partial charge is 0.324 e. The van der Waals surface area contributed by atoms with Crippen molar-refractivity contribution in [1.29, 1.82) is 5.26 Å². The molecule has 0 fully saturated rings. The number of halogens is 2. The highest BCUT2D eigenvalue weighted by molar-refractivity contribution is 7.99. The fourth-order valence-corrected chi connectivity index (χ4v) is 2.96. The minimum absolute atomic E-state index is 0.122. The van der Waals surface area contributed by atoms with Crippen LogP contribution in [-0.2, 0) is 10.5 Å². The quantitative estimate of drug-likeness (QED) is 0.847. The predicted molar refractivity (Wildman–Crippen MR) is 92.4 cm³/mol. The average Bonchev–Trinajstić information content (AvgIpc) is 2.51. The van der Waals surface area contributed by atoms with Crippen molar-refractivity contribution in [2.75, 3.05) is 11.1 Å². The topological polar surface area (TPSA) is 52.9 Å². The van der Waals surface area contributed by atoms with Gasteiger partial charge < -0.3 is 5.32 Å². The van der Waals surface area contributed by atoms with Crippen molar-refractivity contribution < 1.29 is 4.79 Å². The molecule has 0 aliphatic carbocycles. The van der Waals surface area contributed by atoms with Gasteiger partial charge in [-0.25, -0.2) is 0 Å². The summed E-state index contributed by atoms with van der Waals surface area (Å²) in [6.45, 7) is 0. The second-order valence-corrected chi connectivity index (χ2v) is 6.30. The molecule has 22 heavy (non-hydrogen) atoms. The molecule has 0 heterocycles. The molecular weight excluding hydrogens is 339 g/mol. The van der Waals surface area contributed by atoms with Crippen molar-refractivity contribution in [1.82, 2.24) is 0 Å². The predicted octanol–water partition coefficient (Wildman–Crippen LogP) is 4.74. The van der Waals surface area contributed by atoms with Gasteiger partial charge in [-0.2, -0.15) is 5.26 Å². The zero-order chi connectivity index (χ0) is 15.9. The first-order valence-corrected chi connectivity index (χ1v) is 8.31. The average molecular weight is 351 g/mol. The number of amides is 1. The number of nitrogens with zero attached hydrogens (tertiary/aromatic N) is 1. The Kier molecular flexibility index (Phi) is 6.14.